The van der Waals surface area contributed by atoms with E-state index in [1.165, 1.54) is 5.56 Å². The summed E-state index contributed by atoms with van der Waals surface area (Å²) in [6.07, 6.45) is 2.33. The molecule has 128 valence electrons. The van der Waals surface area contributed by atoms with Crippen LogP contribution in [0.3, 0.4) is 0 Å². The maximum absolute atomic E-state index is 11.7. The van der Waals surface area contributed by atoms with E-state index >= 15 is 0 Å². The summed E-state index contributed by atoms with van der Waals surface area (Å²) in [4.78, 5) is 11.7. The lowest BCUT2D eigenvalue weighted by molar-refractivity contribution is 0.0525. The van der Waals surface area contributed by atoms with Crippen molar-refractivity contribution in [3.63, 3.8) is 0 Å². The summed E-state index contributed by atoms with van der Waals surface area (Å²) < 4.78 is 16.8. The average Bonchev–Trinajstić information content (AvgIpc) is 3.13. The number of carbonyl (C=O) groups excluding carboxylic acids is 1. The molecule has 1 aromatic carbocycles. The average molecular weight is 338 g/mol. The van der Waals surface area contributed by atoms with Crippen LogP contribution in [0.4, 0.5) is 10.5 Å². The zero-order chi connectivity index (χ0) is 17.2. The monoisotopic (exact) mass is 338 g/mol. The molecule has 1 aliphatic carbocycles. The third kappa shape index (κ3) is 5.62. The van der Waals surface area contributed by atoms with Gasteiger partial charge in [-0.05, 0) is 56.7 Å². The first-order chi connectivity index (χ1) is 10.7. The Morgan fingerprint density at radius 3 is 2.78 bits per heavy atom. The second kappa shape index (κ2) is 7.01. The summed E-state index contributed by atoms with van der Waals surface area (Å²) in [7, 11) is 0. The molecule has 3 N–H and O–H groups in total. The van der Waals surface area contributed by atoms with Crippen molar-refractivity contribution in [2.45, 2.75) is 44.5 Å². The summed E-state index contributed by atoms with van der Waals surface area (Å²) in [5, 5.41) is 2.83. The minimum Gasteiger partial charge on any atom is -0.616 e. The molecule has 5 nitrogen and oxygen atoms in total. The zero-order valence-electron chi connectivity index (χ0n) is 14.2. The highest BCUT2D eigenvalue weighted by molar-refractivity contribution is 7.89. The molecule has 3 unspecified atom stereocenters. The summed E-state index contributed by atoms with van der Waals surface area (Å²) in [5.74, 6) is 1.31. The van der Waals surface area contributed by atoms with Crippen molar-refractivity contribution < 1.29 is 14.1 Å². The third-order valence-electron chi connectivity index (χ3n) is 3.76. The van der Waals surface area contributed by atoms with E-state index in [2.05, 4.69) is 5.32 Å². The van der Waals surface area contributed by atoms with Gasteiger partial charge in [0, 0.05) is 17.8 Å². The van der Waals surface area contributed by atoms with Gasteiger partial charge >= 0.3 is 6.09 Å². The normalized spacial score (nSPS) is 21.6. The van der Waals surface area contributed by atoms with E-state index in [0.29, 0.717) is 29.8 Å². The van der Waals surface area contributed by atoms with Crippen molar-refractivity contribution in [1.29, 1.82) is 0 Å². The van der Waals surface area contributed by atoms with Crippen LogP contribution >= 0.6 is 0 Å². The number of carbonyl (C=O) groups is 1. The predicted molar refractivity (Wildman–Crippen MR) is 93.7 cm³/mol. The van der Waals surface area contributed by atoms with Crippen LogP contribution in [0.15, 0.2) is 18.2 Å². The number of ether oxygens (including phenoxy) is 1. The molecule has 1 aliphatic rings. The largest absolute Gasteiger partial charge is 0.616 e. The molecule has 1 aromatic rings. The Bertz CT molecular complexity index is 569. The topological polar surface area (TPSA) is 87.4 Å². The highest BCUT2D eigenvalue weighted by Crippen LogP contribution is 2.48. The number of hydrogen-bond acceptors (Lipinski definition) is 4. The number of alkyl carbamates (subject to hydrolysis) is 1. The fourth-order valence-electron chi connectivity index (χ4n) is 2.71. The molecule has 0 heterocycles. The van der Waals surface area contributed by atoms with Gasteiger partial charge in [0.1, 0.15) is 11.4 Å². The van der Waals surface area contributed by atoms with Gasteiger partial charge in [0.25, 0.3) is 0 Å². The maximum atomic E-state index is 11.7. The summed E-state index contributed by atoms with van der Waals surface area (Å²) in [6.45, 7) is 6.13. The van der Waals surface area contributed by atoms with E-state index in [0.717, 1.165) is 12.0 Å². The molecule has 0 saturated heterocycles. The third-order valence-corrected chi connectivity index (χ3v) is 4.47. The molecular weight excluding hydrogens is 312 g/mol. The van der Waals surface area contributed by atoms with Crippen molar-refractivity contribution in [2.75, 3.05) is 18.5 Å². The Balaban J connectivity index is 1.92. The van der Waals surface area contributed by atoms with Gasteiger partial charge in [-0.1, -0.05) is 17.2 Å². The van der Waals surface area contributed by atoms with Gasteiger partial charge < -0.3 is 20.3 Å². The summed E-state index contributed by atoms with van der Waals surface area (Å²) in [5.41, 5.74) is 8.30. The van der Waals surface area contributed by atoms with E-state index < -0.39 is 16.8 Å². The van der Waals surface area contributed by atoms with Gasteiger partial charge in [0.2, 0.25) is 0 Å². The zero-order valence-corrected chi connectivity index (χ0v) is 15.0. The number of amides is 1. The Hall–Kier alpha value is -1.40. The minimum atomic E-state index is -0.903. The fraction of sp³-hybridized carbons (Fsp3) is 0.588. The smallest absolute Gasteiger partial charge is 0.407 e. The van der Waals surface area contributed by atoms with Crippen LogP contribution in [0.1, 0.15) is 44.2 Å². The number of nitrogens with one attached hydrogen (secondary N) is 1. The lowest BCUT2D eigenvalue weighted by Gasteiger charge is -2.19. The van der Waals surface area contributed by atoms with E-state index in [4.69, 9.17) is 10.5 Å². The van der Waals surface area contributed by atoms with Gasteiger partial charge in [-0.2, -0.15) is 0 Å². The van der Waals surface area contributed by atoms with Crippen LogP contribution in [0.2, 0.25) is 0 Å². The quantitative estimate of drug-likeness (QED) is 0.638. The first kappa shape index (κ1) is 17.9. The second-order valence-corrected chi connectivity index (χ2v) is 8.60. The number of benzene rings is 1. The molecule has 0 spiro atoms. The van der Waals surface area contributed by atoms with Crippen LogP contribution in [-0.4, -0.2) is 29.0 Å². The van der Waals surface area contributed by atoms with Gasteiger partial charge in [-0.25, -0.2) is 4.79 Å². The van der Waals surface area contributed by atoms with Crippen molar-refractivity contribution in [3.8, 4) is 0 Å². The van der Waals surface area contributed by atoms with Crippen molar-refractivity contribution in [1.82, 2.24) is 5.32 Å². The molecule has 0 bridgehead atoms. The number of hydrogen-bond donors (Lipinski definition) is 2. The Morgan fingerprint density at radius 2 is 2.17 bits per heavy atom. The van der Waals surface area contributed by atoms with Crippen LogP contribution in [0.25, 0.3) is 0 Å². The van der Waals surface area contributed by atoms with Crippen LogP contribution in [-0.2, 0) is 21.7 Å². The molecule has 1 saturated carbocycles. The SMILES string of the molecule is C[S+]([O-])Cc1cc(N)ccc1C1CC1CNC(=O)OC(C)(C)C. The molecule has 3 atom stereocenters. The van der Waals surface area contributed by atoms with Crippen molar-refractivity contribution >= 4 is 23.0 Å². The standard InChI is InChI=1S/C17H26N2O3S/c1-17(2,3)22-16(20)19-9-11-8-15(11)14-6-5-13(18)7-12(14)10-23(4)21/h5-7,11,15H,8-10,18H2,1-4H3,(H,19,20). The van der Waals surface area contributed by atoms with Gasteiger partial charge in [-0.15, -0.1) is 0 Å². The molecule has 6 heteroatoms. The van der Waals surface area contributed by atoms with Crippen molar-refractivity contribution in [3.05, 3.63) is 29.3 Å². The highest BCUT2D eigenvalue weighted by Gasteiger charge is 2.40. The van der Waals surface area contributed by atoms with Crippen LogP contribution < -0.4 is 11.1 Å². The Morgan fingerprint density at radius 1 is 1.48 bits per heavy atom. The predicted octanol–water partition coefficient (Wildman–Crippen LogP) is 2.78. The van der Waals surface area contributed by atoms with E-state index in [-0.39, 0.29) is 6.09 Å². The number of nitrogen functional groups attached to an aromatic ring is 1. The van der Waals surface area contributed by atoms with Gasteiger partial charge in [-0.3, -0.25) is 0 Å². The second-order valence-electron chi connectivity index (χ2n) is 7.16. The number of rotatable bonds is 5. The minimum absolute atomic E-state index is 0.379. The fourth-order valence-corrected chi connectivity index (χ4v) is 3.40. The van der Waals surface area contributed by atoms with E-state index in [1.54, 1.807) is 6.26 Å². The lowest BCUT2D eigenvalue weighted by Crippen LogP contribution is -2.33. The first-order valence-corrected chi connectivity index (χ1v) is 9.53. The Kier molecular flexibility index (Phi) is 5.47. The first-order valence-electron chi connectivity index (χ1n) is 7.81. The number of nitrogens with two attached hydrogens (primary N) is 1. The molecule has 2 rings (SSSR count). The molecule has 0 aromatic heterocycles. The lowest BCUT2D eigenvalue weighted by atomic mass is 10.0. The summed E-state index contributed by atoms with van der Waals surface area (Å²) >= 11 is -0.903. The van der Waals surface area contributed by atoms with Gasteiger partial charge in [0.15, 0.2) is 0 Å². The summed E-state index contributed by atoms with van der Waals surface area (Å²) in [6, 6.07) is 5.82. The van der Waals surface area contributed by atoms with Crippen molar-refractivity contribution in [2.24, 2.45) is 5.92 Å². The van der Waals surface area contributed by atoms with Gasteiger partial charge in [0.05, 0.1) is 6.26 Å². The molecule has 23 heavy (non-hydrogen) atoms. The molecule has 0 radical (unpaired) electrons. The number of anilines is 1. The molecular formula is C17H26N2O3S. The van der Waals surface area contributed by atoms with Crippen LogP contribution in [0.5, 0.6) is 0 Å². The van der Waals surface area contributed by atoms with E-state index in [9.17, 15) is 9.35 Å². The highest BCUT2D eigenvalue weighted by atomic mass is 32.2. The Labute approximate surface area is 141 Å². The molecule has 1 amide bonds. The molecule has 1 fully saturated rings. The van der Waals surface area contributed by atoms with E-state index in [1.807, 2.05) is 39.0 Å². The van der Waals surface area contributed by atoms with Crippen LogP contribution in [0, 0.1) is 5.92 Å². The molecule has 0 aliphatic heterocycles. The maximum Gasteiger partial charge on any atom is 0.407 e.